The van der Waals surface area contributed by atoms with Gasteiger partial charge in [-0.15, -0.1) is 0 Å². The van der Waals surface area contributed by atoms with Crippen molar-refractivity contribution in [1.82, 2.24) is 0 Å². The highest BCUT2D eigenvalue weighted by Crippen LogP contribution is 2.67. The first kappa shape index (κ1) is 51.5. The topological polar surface area (TPSA) is 78.9 Å². The molecule has 0 saturated heterocycles. The van der Waals surface area contributed by atoms with Crippen LogP contribution in [0.25, 0.3) is 0 Å². The van der Waals surface area contributed by atoms with Gasteiger partial charge < -0.3 is 14.2 Å². The summed E-state index contributed by atoms with van der Waals surface area (Å²) in [5, 5.41) is 0. The first-order valence-electron chi connectivity index (χ1n) is 29.3. The van der Waals surface area contributed by atoms with Gasteiger partial charge in [0.25, 0.3) is 0 Å². The predicted molar refractivity (Wildman–Crippen MR) is 278 cm³/mol. The lowest BCUT2D eigenvalue weighted by Gasteiger charge is -2.59. The third-order valence-electron chi connectivity index (χ3n) is 23.5. The average Bonchev–Trinajstić information content (AvgIpc) is 3.31. The van der Waals surface area contributed by atoms with Crippen molar-refractivity contribution in [3.05, 3.63) is 34.9 Å². The summed E-state index contributed by atoms with van der Waals surface area (Å²) in [6.45, 7) is 27.9. The second kappa shape index (κ2) is 19.2. The van der Waals surface area contributed by atoms with Crippen LogP contribution < -0.4 is 0 Å². The van der Waals surface area contributed by atoms with Crippen molar-refractivity contribution in [3.8, 4) is 0 Å². The summed E-state index contributed by atoms with van der Waals surface area (Å²) in [6, 6.07) is 0. The minimum atomic E-state index is -0.868. The van der Waals surface area contributed by atoms with Crippen molar-refractivity contribution in [2.24, 2.45) is 104 Å². The monoisotopic (exact) mass is 951 g/mol. The van der Waals surface area contributed by atoms with Crippen LogP contribution in [0.15, 0.2) is 34.9 Å². The van der Waals surface area contributed by atoms with Gasteiger partial charge in [0.1, 0.15) is 13.2 Å². The Kier molecular flexibility index (Phi) is 14.3. The standard InChI is InChI=1S/C63H98O6/c1-39(2)42-16-22-49-45(34-42)19-25-52-58(49,7)28-13-31-61(52,10)55(64)67-37-48(69-57(66)63(12)33-15-30-60(9)51-24-18-44(41(5)6)36-47(51)21-27-54(60)63)38-68-56(65)62(11)32-14-29-59(8)50-23-17-43(40(3)4)35-46(50)20-26-53(59)62/h34-36,39-44,48-54H,13-33,37-38H2,1-12H3/t42?,43?,44?,48?,49-,50-,51-,52+,53+,54+,58+,59+,60+,61+,62+,63+/m0/s1. The Bertz CT molecular complexity index is 1950. The van der Waals surface area contributed by atoms with Gasteiger partial charge >= 0.3 is 17.9 Å². The highest BCUT2D eigenvalue weighted by Gasteiger charge is 2.62. The molecule has 3 unspecified atom stereocenters. The van der Waals surface area contributed by atoms with Gasteiger partial charge in [-0.05, 0) is 224 Å². The fourth-order valence-corrected chi connectivity index (χ4v) is 19.3. The maximum absolute atomic E-state index is 15.2. The van der Waals surface area contributed by atoms with E-state index in [1.807, 2.05) is 0 Å². The highest BCUT2D eigenvalue weighted by molar-refractivity contribution is 5.79. The number of rotatable bonds is 11. The molecular weight excluding hydrogens is 853 g/mol. The molecule has 6 nitrogen and oxygen atoms in total. The minimum absolute atomic E-state index is 0.0308. The Morgan fingerprint density at radius 3 is 1.06 bits per heavy atom. The number of fused-ring (bicyclic) bond motifs is 9. The zero-order valence-corrected chi connectivity index (χ0v) is 46.0. The summed E-state index contributed by atoms with van der Waals surface area (Å²) in [5.74, 6) is 5.60. The predicted octanol–water partition coefficient (Wildman–Crippen LogP) is 15.6. The van der Waals surface area contributed by atoms with E-state index in [9.17, 15) is 9.59 Å². The van der Waals surface area contributed by atoms with E-state index in [0.717, 1.165) is 96.3 Å². The number of allylic oxidation sites excluding steroid dienone is 6. The second-order valence-electron chi connectivity index (χ2n) is 28.2. The Hall–Kier alpha value is -2.37. The van der Waals surface area contributed by atoms with Crippen LogP contribution in [0.3, 0.4) is 0 Å². The number of carbonyl (C=O) groups is 3. The van der Waals surface area contributed by atoms with Crippen LogP contribution in [0, 0.1) is 104 Å². The van der Waals surface area contributed by atoms with Gasteiger partial charge in [-0.2, -0.15) is 0 Å². The van der Waals surface area contributed by atoms with Gasteiger partial charge in [0, 0.05) is 0 Å². The number of esters is 3. The molecule has 9 aliphatic carbocycles. The maximum Gasteiger partial charge on any atom is 0.312 e. The molecule has 6 heteroatoms. The van der Waals surface area contributed by atoms with E-state index in [4.69, 9.17) is 14.2 Å². The Labute approximate surface area is 420 Å². The van der Waals surface area contributed by atoms with Crippen molar-refractivity contribution in [1.29, 1.82) is 0 Å². The highest BCUT2D eigenvalue weighted by atomic mass is 16.6. The quantitative estimate of drug-likeness (QED) is 0.117. The second-order valence-corrected chi connectivity index (χ2v) is 28.2. The summed E-state index contributed by atoms with van der Waals surface area (Å²) in [4.78, 5) is 45.0. The molecule has 6 saturated carbocycles. The van der Waals surface area contributed by atoms with Crippen LogP contribution in [-0.2, 0) is 28.6 Å². The van der Waals surface area contributed by atoms with E-state index in [-0.39, 0.29) is 65.1 Å². The Morgan fingerprint density at radius 2 is 0.754 bits per heavy atom. The summed E-state index contributed by atoms with van der Waals surface area (Å²) in [6.07, 6.45) is 29.4. The molecule has 386 valence electrons. The van der Waals surface area contributed by atoms with Crippen molar-refractivity contribution in [2.75, 3.05) is 13.2 Å². The molecule has 69 heavy (non-hydrogen) atoms. The van der Waals surface area contributed by atoms with E-state index in [1.54, 1.807) is 16.7 Å². The van der Waals surface area contributed by atoms with Crippen molar-refractivity contribution in [3.63, 3.8) is 0 Å². The molecule has 0 aromatic heterocycles. The van der Waals surface area contributed by atoms with E-state index >= 15 is 4.79 Å². The van der Waals surface area contributed by atoms with Crippen LogP contribution in [-0.4, -0.2) is 37.2 Å². The van der Waals surface area contributed by atoms with E-state index in [2.05, 4.69) is 101 Å². The largest absolute Gasteiger partial charge is 0.461 e. The lowest BCUT2D eigenvalue weighted by Crippen LogP contribution is -2.56. The summed E-state index contributed by atoms with van der Waals surface area (Å²) in [7, 11) is 0. The molecule has 15 atom stereocenters. The molecule has 0 spiro atoms. The minimum Gasteiger partial charge on any atom is -0.461 e. The van der Waals surface area contributed by atoms with Crippen molar-refractivity contribution in [2.45, 2.75) is 224 Å². The normalized spacial score (nSPS) is 44.4. The lowest BCUT2D eigenvalue weighted by atomic mass is 9.45. The lowest BCUT2D eigenvalue weighted by molar-refractivity contribution is -0.194. The number of ether oxygens (including phenoxy) is 3. The zero-order valence-electron chi connectivity index (χ0n) is 46.0. The molecule has 9 rings (SSSR count). The van der Waals surface area contributed by atoms with Gasteiger partial charge in [-0.25, -0.2) is 0 Å². The fourth-order valence-electron chi connectivity index (χ4n) is 19.3. The average molecular weight is 951 g/mol. The number of hydrogen-bond acceptors (Lipinski definition) is 6. The van der Waals surface area contributed by atoms with Crippen LogP contribution >= 0.6 is 0 Å². The van der Waals surface area contributed by atoms with Gasteiger partial charge in [0.15, 0.2) is 6.10 Å². The van der Waals surface area contributed by atoms with Gasteiger partial charge in [-0.3, -0.25) is 14.4 Å². The first-order valence-corrected chi connectivity index (χ1v) is 29.3. The maximum atomic E-state index is 15.2. The summed E-state index contributed by atoms with van der Waals surface area (Å²) < 4.78 is 19.8. The van der Waals surface area contributed by atoms with Crippen molar-refractivity contribution >= 4 is 17.9 Å². The van der Waals surface area contributed by atoms with Gasteiger partial charge in [0.2, 0.25) is 0 Å². The van der Waals surface area contributed by atoms with Crippen LogP contribution in [0.2, 0.25) is 0 Å². The molecule has 0 aromatic rings. The van der Waals surface area contributed by atoms with Crippen LogP contribution in [0.1, 0.15) is 218 Å². The SMILES string of the molecule is CC(C)C1C=C2CC[C@@H]3[C@](C)(CCC[C@@]3(C)C(=O)OCC(COC(=O)[C@]3(C)CCC[C@@]4(C)[C@H]3CCC3=CC(C(C)C)CC[C@@H]34)OC(=O)[C@]3(C)CCC[C@@]4(C)[C@H]3CCC3=CC(C(C)C)CC[C@@H]34)[C@H]2CC1. The Morgan fingerprint density at radius 1 is 0.449 bits per heavy atom. The van der Waals surface area contributed by atoms with E-state index < -0.39 is 22.3 Å². The number of carbonyl (C=O) groups excluding carboxylic acids is 3. The molecule has 0 aliphatic heterocycles. The van der Waals surface area contributed by atoms with Crippen molar-refractivity contribution < 1.29 is 28.6 Å². The third-order valence-corrected chi connectivity index (χ3v) is 23.5. The molecule has 0 radical (unpaired) electrons. The third kappa shape index (κ3) is 8.81. The molecule has 6 fully saturated rings. The molecule has 0 aromatic carbocycles. The van der Waals surface area contributed by atoms with E-state index in [0.29, 0.717) is 53.3 Å². The van der Waals surface area contributed by atoms with Gasteiger partial charge in [-0.1, -0.05) is 117 Å². The first-order chi connectivity index (χ1) is 32.6. The molecule has 0 amide bonds. The van der Waals surface area contributed by atoms with Crippen LogP contribution in [0.4, 0.5) is 0 Å². The summed E-state index contributed by atoms with van der Waals surface area (Å²) >= 11 is 0. The smallest absolute Gasteiger partial charge is 0.312 e. The van der Waals surface area contributed by atoms with E-state index in [1.165, 1.54) is 38.5 Å². The molecule has 0 bridgehead atoms. The molecule has 9 aliphatic rings. The Balaban J connectivity index is 0.946. The molecule has 0 heterocycles. The van der Waals surface area contributed by atoms with Gasteiger partial charge in [0.05, 0.1) is 16.2 Å². The summed E-state index contributed by atoms with van der Waals surface area (Å²) in [5.41, 5.74) is 3.13. The molecular formula is C63H98O6. The van der Waals surface area contributed by atoms with Crippen LogP contribution in [0.5, 0.6) is 0 Å². The molecule has 0 N–H and O–H groups in total. The fraction of sp³-hybridized carbons (Fsp3) is 0.857. The number of hydrogen-bond donors (Lipinski definition) is 0. The zero-order chi connectivity index (χ0) is 49.5.